The summed E-state index contributed by atoms with van der Waals surface area (Å²) in [6.45, 7) is 0.906. The third-order valence-electron chi connectivity index (χ3n) is 5.64. The second kappa shape index (κ2) is 9.25. The molecule has 0 aromatic heterocycles. The summed E-state index contributed by atoms with van der Waals surface area (Å²) in [6.07, 6.45) is -5.65. The number of allylic oxidation sites excluding steroid dienone is 2. The van der Waals surface area contributed by atoms with Crippen molar-refractivity contribution in [1.82, 2.24) is 5.32 Å². The molecule has 1 aromatic carbocycles. The van der Waals surface area contributed by atoms with Crippen LogP contribution in [0, 0.1) is 0 Å². The fourth-order valence-corrected chi connectivity index (χ4v) is 3.87. The van der Waals surface area contributed by atoms with Gasteiger partial charge in [0, 0.05) is 23.1 Å². The van der Waals surface area contributed by atoms with Gasteiger partial charge >= 0.3 is 0 Å². The first-order chi connectivity index (χ1) is 14.7. The van der Waals surface area contributed by atoms with E-state index in [0.717, 1.165) is 0 Å². The van der Waals surface area contributed by atoms with Crippen molar-refractivity contribution >= 4 is 17.5 Å². The van der Waals surface area contributed by atoms with Crippen molar-refractivity contribution in [2.45, 2.75) is 56.8 Å². The van der Waals surface area contributed by atoms with Crippen molar-refractivity contribution in [2.24, 2.45) is 0 Å². The van der Waals surface area contributed by atoms with Gasteiger partial charge in [-0.05, 0) is 25.8 Å². The highest BCUT2D eigenvalue weighted by atomic mass is 16.6. The number of nitrogens with one attached hydrogen (secondary N) is 1. The van der Waals surface area contributed by atoms with Gasteiger partial charge in [-0.3, -0.25) is 14.4 Å². The molecule has 1 aliphatic carbocycles. The molecule has 0 bridgehead atoms. The predicted molar refractivity (Wildman–Crippen MR) is 105 cm³/mol. The lowest BCUT2D eigenvalue weighted by molar-refractivity contribution is -0.253. The van der Waals surface area contributed by atoms with E-state index in [1.165, 1.54) is 25.1 Å². The van der Waals surface area contributed by atoms with Crippen LogP contribution in [0.1, 0.15) is 46.9 Å². The van der Waals surface area contributed by atoms with Gasteiger partial charge in [-0.1, -0.05) is 12.1 Å². The molecule has 1 amide bonds. The van der Waals surface area contributed by atoms with Crippen LogP contribution < -0.4 is 5.32 Å². The molecule has 1 heterocycles. The van der Waals surface area contributed by atoms with E-state index in [9.17, 15) is 34.8 Å². The Kier molecular flexibility index (Phi) is 6.87. The Hall–Kier alpha value is -2.63. The van der Waals surface area contributed by atoms with Crippen molar-refractivity contribution < 1.29 is 44.7 Å². The lowest BCUT2D eigenvalue weighted by Gasteiger charge is -2.40. The standard InChI is InChI=1S/C21H25NO9/c1-9-10(18(27)15-11(17(9)26)5-2-6-12(15)24)4-3-7-14(25)22-16-20(29)19(28)13(8-23)31-21(16)30/h2,5-6,13,16,19-21,23-24,28-30H,3-4,7-8H2,1H3,(H,22,25)/t13-,16-,19?,20-,21-/m1/s1. The Balaban J connectivity index is 1.61. The molecular formula is C21H25NO9. The number of Topliss-reactive ketones (excluding diaryl/α,β-unsaturated/α-hetero) is 2. The molecule has 0 radical (unpaired) electrons. The number of aromatic hydroxyl groups is 1. The average Bonchev–Trinajstić information content (AvgIpc) is 2.74. The smallest absolute Gasteiger partial charge is 0.220 e. The quantitative estimate of drug-likeness (QED) is 0.333. The number of phenols is 1. The molecule has 2 aliphatic rings. The zero-order valence-corrected chi connectivity index (χ0v) is 16.8. The van der Waals surface area contributed by atoms with Crippen LogP contribution in [0.15, 0.2) is 29.3 Å². The summed E-state index contributed by atoms with van der Waals surface area (Å²) in [5, 5.41) is 51.3. The van der Waals surface area contributed by atoms with Crippen molar-refractivity contribution in [2.75, 3.05) is 6.61 Å². The molecule has 10 heteroatoms. The van der Waals surface area contributed by atoms with Gasteiger partial charge in [-0.2, -0.15) is 0 Å². The Labute approximate surface area is 177 Å². The fraction of sp³-hybridized carbons (Fsp3) is 0.476. The normalized spacial score (nSPS) is 28.5. The molecule has 10 nitrogen and oxygen atoms in total. The number of phenolic OH excluding ortho intramolecular Hbond substituents is 1. The molecule has 0 spiro atoms. The highest BCUT2D eigenvalue weighted by Gasteiger charge is 2.44. The SMILES string of the molecule is CC1=C(CCCC(=O)N[C@H]2[C@H](O)O[C@H](CO)C(O)[C@@H]2O)C(=O)c2c(O)cccc2C1=O. The molecule has 0 saturated carbocycles. The van der Waals surface area contributed by atoms with E-state index >= 15 is 0 Å². The monoisotopic (exact) mass is 435 g/mol. The summed E-state index contributed by atoms with van der Waals surface area (Å²) in [5.41, 5.74) is 0.571. The maximum Gasteiger partial charge on any atom is 0.220 e. The maximum absolute atomic E-state index is 12.8. The van der Waals surface area contributed by atoms with Gasteiger partial charge in [0.15, 0.2) is 17.9 Å². The summed E-state index contributed by atoms with van der Waals surface area (Å²) < 4.78 is 4.98. The third kappa shape index (κ3) is 4.39. The van der Waals surface area contributed by atoms with E-state index in [2.05, 4.69) is 5.32 Å². The van der Waals surface area contributed by atoms with Crippen LogP contribution in [-0.4, -0.2) is 80.3 Å². The van der Waals surface area contributed by atoms with E-state index in [1.807, 2.05) is 0 Å². The topological polar surface area (TPSA) is 174 Å². The van der Waals surface area contributed by atoms with Gasteiger partial charge in [-0.15, -0.1) is 0 Å². The fourth-order valence-electron chi connectivity index (χ4n) is 3.87. The van der Waals surface area contributed by atoms with Gasteiger partial charge in [0.25, 0.3) is 0 Å². The van der Waals surface area contributed by atoms with Crippen molar-refractivity contribution in [1.29, 1.82) is 0 Å². The second-order valence-electron chi connectivity index (χ2n) is 7.64. The highest BCUT2D eigenvalue weighted by Crippen LogP contribution is 2.33. The highest BCUT2D eigenvalue weighted by molar-refractivity contribution is 6.27. The lowest BCUT2D eigenvalue weighted by atomic mass is 9.82. The molecule has 3 rings (SSSR count). The first kappa shape index (κ1) is 23.0. The number of carbonyl (C=O) groups excluding carboxylic acids is 3. The minimum Gasteiger partial charge on any atom is -0.507 e. The number of hydrogen-bond donors (Lipinski definition) is 6. The van der Waals surface area contributed by atoms with Crippen molar-refractivity contribution in [3.05, 3.63) is 40.5 Å². The predicted octanol–water partition coefficient (Wildman–Crippen LogP) is -0.826. The number of aliphatic hydroxyl groups is 4. The summed E-state index contributed by atoms with van der Waals surface area (Å²) in [5.74, 6) is -1.67. The number of amides is 1. The lowest BCUT2D eigenvalue weighted by Crippen LogP contribution is -2.64. The Morgan fingerprint density at radius 3 is 2.52 bits per heavy atom. The zero-order valence-electron chi connectivity index (χ0n) is 16.8. The number of aliphatic hydroxyl groups excluding tert-OH is 4. The van der Waals surface area contributed by atoms with E-state index in [0.29, 0.717) is 0 Å². The minimum atomic E-state index is -1.62. The van der Waals surface area contributed by atoms with Gasteiger partial charge in [0.1, 0.15) is 30.1 Å². The number of benzene rings is 1. The number of fused-ring (bicyclic) bond motifs is 1. The summed E-state index contributed by atoms with van der Waals surface area (Å²) in [4.78, 5) is 37.5. The Morgan fingerprint density at radius 1 is 1.13 bits per heavy atom. The maximum atomic E-state index is 12.8. The van der Waals surface area contributed by atoms with Crippen LogP contribution in [0.3, 0.4) is 0 Å². The van der Waals surface area contributed by atoms with Crippen molar-refractivity contribution in [3.8, 4) is 5.75 Å². The average molecular weight is 435 g/mol. The Morgan fingerprint density at radius 2 is 1.84 bits per heavy atom. The van der Waals surface area contributed by atoms with Crippen molar-refractivity contribution in [3.63, 3.8) is 0 Å². The van der Waals surface area contributed by atoms with Crippen LogP contribution >= 0.6 is 0 Å². The molecule has 1 aromatic rings. The summed E-state index contributed by atoms with van der Waals surface area (Å²) in [6, 6.07) is 2.99. The molecule has 168 valence electrons. The second-order valence-corrected chi connectivity index (χ2v) is 7.64. The van der Waals surface area contributed by atoms with E-state index in [-0.39, 0.29) is 53.1 Å². The molecule has 31 heavy (non-hydrogen) atoms. The number of ketones is 2. The van der Waals surface area contributed by atoms with Crippen LogP contribution in [0.25, 0.3) is 0 Å². The Bertz CT molecular complexity index is 925. The van der Waals surface area contributed by atoms with Gasteiger partial charge in [-0.25, -0.2) is 0 Å². The number of hydrogen-bond acceptors (Lipinski definition) is 9. The molecule has 1 unspecified atom stereocenters. The number of carbonyl (C=O) groups is 3. The first-order valence-corrected chi connectivity index (χ1v) is 9.88. The zero-order chi connectivity index (χ0) is 22.9. The van der Waals surface area contributed by atoms with Crippen LogP contribution in [0.2, 0.25) is 0 Å². The molecule has 1 saturated heterocycles. The largest absolute Gasteiger partial charge is 0.507 e. The van der Waals surface area contributed by atoms with E-state index in [4.69, 9.17) is 9.84 Å². The van der Waals surface area contributed by atoms with Crippen LogP contribution in [0.4, 0.5) is 0 Å². The van der Waals surface area contributed by atoms with Gasteiger partial charge in [0.2, 0.25) is 5.91 Å². The minimum absolute atomic E-state index is 0.0458. The molecule has 1 aliphatic heterocycles. The number of ether oxygens (including phenoxy) is 1. The summed E-state index contributed by atoms with van der Waals surface area (Å²) >= 11 is 0. The third-order valence-corrected chi connectivity index (χ3v) is 5.64. The van der Waals surface area contributed by atoms with Gasteiger partial charge in [0.05, 0.1) is 12.2 Å². The molecule has 6 N–H and O–H groups in total. The number of rotatable bonds is 6. The van der Waals surface area contributed by atoms with Gasteiger partial charge < -0.3 is 35.6 Å². The van der Waals surface area contributed by atoms with Crippen LogP contribution in [0.5, 0.6) is 5.75 Å². The molecule has 1 fully saturated rings. The first-order valence-electron chi connectivity index (χ1n) is 9.88. The van der Waals surface area contributed by atoms with E-state index < -0.39 is 48.9 Å². The van der Waals surface area contributed by atoms with E-state index in [1.54, 1.807) is 0 Å². The molecule has 5 atom stereocenters. The summed E-state index contributed by atoms with van der Waals surface area (Å²) in [7, 11) is 0. The molecular weight excluding hydrogens is 410 g/mol. The van der Waals surface area contributed by atoms with Crippen LogP contribution in [-0.2, 0) is 9.53 Å².